The van der Waals surface area contributed by atoms with E-state index in [0.717, 1.165) is 23.3 Å². The van der Waals surface area contributed by atoms with E-state index in [1.807, 2.05) is 25.1 Å². The van der Waals surface area contributed by atoms with Crippen LogP contribution in [0.5, 0.6) is 5.75 Å². The molecule has 1 saturated carbocycles. The maximum absolute atomic E-state index is 11.3. The molecule has 1 fully saturated rings. The average molecular weight is 466 g/mol. The second kappa shape index (κ2) is 8.99. The van der Waals surface area contributed by atoms with Crippen LogP contribution < -0.4 is 10.1 Å². The SMILES string of the molecule is C[C@@H](OCC(O)CNC(C)(C)Cc1ccc2c(c1)CCC2)c1cccc2c1O[C@@H]1[C@@H](C(=O)O)[C@H]21. The van der Waals surface area contributed by atoms with E-state index in [1.165, 1.54) is 36.0 Å². The molecule has 1 heterocycles. The van der Waals surface area contributed by atoms with Crippen molar-refractivity contribution in [3.05, 3.63) is 64.2 Å². The molecule has 34 heavy (non-hydrogen) atoms. The molecule has 1 aliphatic heterocycles. The molecule has 0 saturated heterocycles. The minimum absolute atomic E-state index is 0.0534. The molecule has 0 aromatic heterocycles. The van der Waals surface area contributed by atoms with E-state index in [9.17, 15) is 15.0 Å². The third-order valence-electron chi connectivity index (χ3n) is 7.53. The number of aryl methyl sites for hydroxylation is 2. The first-order chi connectivity index (χ1) is 16.2. The number of ether oxygens (including phenoxy) is 2. The van der Waals surface area contributed by atoms with E-state index in [1.54, 1.807) is 0 Å². The highest BCUT2D eigenvalue weighted by atomic mass is 16.5. The first kappa shape index (κ1) is 23.3. The van der Waals surface area contributed by atoms with Gasteiger partial charge in [0, 0.05) is 29.1 Å². The number of carboxylic acids is 1. The normalized spacial score (nSPS) is 24.1. The monoisotopic (exact) mass is 465 g/mol. The van der Waals surface area contributed by atoms with Crippen molar-refractivity contribution in [1.82, 2.24) is 5.32 Å². The molecule has 182 valence electrons. The van der Waals surface area contributed by atoms with Gasteiger partial charge >= 0.3 is 5.97 Å². The Morgan fingerprint density at radius 3 is 2.82 bits per heavy atom. The number of aliphatic hydroxyl groups excluding tert-OH is 1. The van der Waals surface area contributed by atoms with E-state index in [2.05, 4.69) is 37.4 Å². The van der Waals surface area contributed by atoms with Crippen molar-refractivity contribution in [3.63, 3.8) is 0 Å². The van der Waals surface area contributed by atoms with Crippen LogP contribution in [0.2, 0.25) is 0 Å². The lowest BCUT2D eigenvalue weighted by molar-refractivity contribution is -0.139. The Bertz CT molecular complexity index is 1080. The fourth-order valence-electron chi connectivity index (χ4n) is 5.63. The van der Waals surface area contributed by atoms with Gasteiger partial charge in [-0.05, 0) is 63.1 Å². The molecule has 3 aliphatic rings. The zero-order valence-corrected chi connectivity index (χ0v) is 20.2. The summed E-state index contributed by atoms with van der Waals surface area (Å²) in [5, 5.41) is 23.3. The van der Waals surface area contributed by atoms with Crippen LogP contribution in [0.25, 0.3) is 0 Å². The number of para-hydroxylation sites is 1. The summed E-state index contributed by atoms with van der Waals surface area (Å²) in [5.41, 5.74) is 6.03. The zero-order chi connectivity index (χ0) is 24.0. The van der Waals surface area contributed by atoms with Crippen molar-refractivity contribution < 1.29 is 24.5 Å². The van der Waals surface area contributed by atoms with Gasteiger partial charge in [0.15, 0.2) is 0 Å². The zero-order valence-electron chi connectivity index (χ0n) is 20.2. The van der Waals surface area contributed by atoms with E-state index in [4.69, 9.17) is 9.47 Å². The molecule has 1 unspecified atom stereocenters. The predicted molar refractivity (Wildman–Crippen MR) is 129 cm³/mol. The van der Waals surface area contributed by atoms with Crippen molar-refractivity contribution in [2.75, 3.05) is 13.2 Å². The van der Waals surface area contributed by atoms with Crippen molar-refractivity contribution in [2.24, 2.45) is 5.92 Å². The van der Waals surface area contributed by atoms with Crippen LogP contribution in [0.4, 0.5) is 0 Å². The molecular weight excluding hydrogens is 430 g/mol. The average Bonchev–Trinajstić information content (AvgIpc) is 3.12. The van der Waals surface area contributed by atoms with Crippen LogP contribution in [-0.2, 0) is 28.8 Å². The third-order valence-corrected chi connectivity index (χ3v) is 7.53. The lowest BCUT2D eigenvalue weighted by Crippen LogP contribution is -2.46. The summed E-state index contributed by atoms with van der Waals surface area (Å²) < 4.78 is 11.9. The molecule has 2 aromatic carbocycles. The van der Waals surface area contributed by atoms with Gasteiger partial charge in [0.2, 0.25) is 0 Å². The number of hydrogen-bond donors (Lipinski definition) is 3. The molecule has 6 heteroatoms. The van der Waals surface area contributed by atoms with Gasteiger partial charge in [-0.1, -0.05) is 36.4 Å². The highest BCUT2D eigenvalue weighted by Crippen LogP contribution is 2.59. The Balaban J connectivity index is 1.11. The lowest BCUT2D eigenvalue weighted by Gasteiger charge is -2.28. The van der Waals surface area contributed by atoms with Crippen LogP contribution in [0.3, 0.4) is 0 Å². The lowest BCUT2D eigenvalue weighted by atomic mass is 9.93. The minimum atomic E-state index is -0.801. The van der Waals surface area contributed by atoms with Gasteiger partial charge in [0.25, 0.3) is 0 Å². The van der Waals surface area contributed by atoms with Gasteiger partial charge in [-0.3, -0.25) is 4.79 Å². The van der Waals surface area contributed by atoms with E-state index < -0.39 is 18.0 Å². The number of nitrogens with one attached hydrogen (secondary N) is 1. The minimum Gasteiger partial charge on any atom is -0.488 e. The maximum atomic E-state index is 11.3. The summed E-state index contributed by atoms with van der Waals surface area (Å²) in [6, 6.07) is 12.7. The molecule has 3 N–H and O–H groups in total. The van der Waals surface area contributed by atoms with Crippen LogP contribution in [0.1, 0.15) is 67.0 Å². The first-order valence-corrected chi connectivity index (χ1v) is 12.4. The first-order valence-electron chi connectivity index (χ1n) is 12.4. The van der Waals surface area contributed by atoms with Crippen LogP contribution >= 0.6 is 0 Å². The Hall–Kier alpha value is -2.41. The van der Waals surface area contributed by atoms with Crippen molar-refractivity contribution >= 4 is 5.97 Å². The quantitative estimate of drug-likeness (QED) is 0.495. The van der Waals surface area contributed by atoms with Crippen LogP contribution in [0, 0.1) is 5.92 Å². The summed E-state index contributed by atoms with van der Waals surface area (Å²) in [7, 11) is 0. The van der Waals surface area contributed by atoms with Crippen molar-refractivity contribution in [3.8, 4) is 5.75 Å². The number of benzene rings is 2. The van der Waals surface area contributed by atoms with Crippen molar-refractivity contribution in [1.29, 1.82) is 0 Å². The van der Waals surface area contributed by atoms with Gasteiger partial charge in [-0.15, -0.1) is 0 Å². The molecular formula is C28H35NO5. The van der Waals surface area contributed by atoms with E-state index in [0.29, 0.717) is 6.54 Å². The number of fused-ring (bicyclic) bond motifs is 4. The molecule has 6 nitrogen and oxygen atoms in total. The van der Waals surface area contributed by atoms with E-state index in [-0.39, 0.29) is 30.3 Å². The van der Waals surface area contributed by atoms with Crippen LogP contribution in [-0.4, -0.2) is 47.1 Å². The molecule has 2 aromatic rings. The molecule has 2 aliphatic carbocycles. The van der Waals surface area contributed by atoms with Crippen molar-refractivity contribution in [2.45, 2.75) is 76.2 Å². The maximum Gasteiger partial charge on any atom is 0.311 e. The Kier molecular flexibility index (Phi) is 6.17. The van der Waals surface area contributed by atoms with Gasteiger partial charge in [-0.25, -0.2) is 0 Å². The standard InChI is InChI=1S/C28H35NO5/c1-16(21-8-5-9-22-23-24(27(31)32)26(23)34-25(21)22)33-15-20(30)14-29-28(2,3)13-17-10-11-18-6-4-7-19(18)12-17/h5,8-12,16,20,23-24,26,29-30H,4,6-7,13-15H2,1-3H3,(H,31,32)/t16-,20?,23+,24+,26+/m1/s1. The van der Waals surface area contributed by atoms with Gasteiger partial charge in [0.1, 0.15) is 17.8 Å². The topological polar surface area (TPSA) is 88.0 Å². The molecule has 0 amide bonds. The molecule has 5 atom stereocenters. The largest absolute Gasteiger partial charge is 0.488 e. The number of carboxylic acid groups (broad SMARTS) is 1. The Labute approximate surface area is 201 Å². The number of β-amino-alcohol motifs (C(OH)–C–C–N with tert-alkyl or cyclic N) is 1. The number of hydrogen-bond acceptors (Lipinski definition) is 5. The highest BCUT2D eigenvalue weighted by molar-refractivity contribution is 5.79. The molecule has 5 rings (SSSR count). The Morgan fingerprint density at radius 2 is 2.03 bits per heavy atom. The number of carbonyl (C=O) groups is 1. The van der Waals surface area contributed by atoms with Gasteiger partial charge in [0.05, 0.1) is 18.8 Å². The molecule has 0 radical (unpaired) electrons. The second-order valence-electron chi connectivity index (χ2n) is 10.8. The Morgan fingerprint density at radius 1 is 1.24 bits per heavy atom. The second-order valence-corrected chi connectivity index (χ2v) is 10.8. The smallest absolute Gasteiger partial charge is 0.311 e. The summed E-state index contributed by atoms with van der Waals surface area (Å²) >= 11 is 0. The predicted octanol–water partition coefficient (Wildman–Crippen LogP) is 3.78. The molecule has 0 spiro atoms. The summed E-state index contributed by atoms with van der Waals surface area (Å²) in [4.78, 5) is 11.3. The fraction of sp³-hybridized carbons (Fsp3) is 0.536. The van der Waals surface area contributed by atoms with Gasteiger partial charge < -0.3 is 25.0 Å². The number of rotatable bonds is 10. The van der Waals surface area contributed by atoms with Crippen LogP contribution in [0.15, 0.2) is 36.4 Å². The summed E-state index contributed by atoms with van der Waals surface area (Å²) in [5.74, 6) is -0.537. The number of aliphatic hydroxyl groups is 1. The fourth-order valence-corrected chi connectivity index (χ4v) is 5.63. The summed E-state index contributed by atoms with van der Waals surface area (Å²) in [6.45, 7) is 6.92. The third kappa shape index (κ3) is 4.59. The van der Waals surface area contributed by atoms with Gasteiger partial charge in [-0.2, -0.15) is 0 Å². The molecule has 0 bridgehead atoms. The highest BCUT2D eigenvalue weighted by Gasteiger charge is 2.63. The number of aliphatic carboxylic acids is 1. The van der Waals surface area contributed by atoms with E-state index >= 15 is 0 Å². The summed E-state index contributed by atoms with van der Waals surface area (Å²) in [6.07, 6.45) is 3.38.